The number of nitrogens with one attached hydrogen (secondary N) is 1. The molecule has 0 saturated heterocycles. The second-order valence-electron chi connectivity index (χ2n) is 3.36. The van der Waals surface area contributed by atoms with Gasteiger partial charge in [0.1, 0.15) is 5.82 Å². The molecule has 1 radical (unpaired) electrons. The number of aromatic amines is 1. The molecule has 1 aromatic carbocycles. The number of nitrogens with zero attached hydrogens (tertiary/aromatic N) is 1. The van der Waals surface area contributed by atoms with Crippen molar-refractivity contribution in [1.29, 1.82) is 0 Å². The van der Waals surface area contributed by atoms with Crippen LogP contribution >= 0.6 is 0 Å². The molecule has 3 N–H and O–H groups in total. The summed E-state index contributed by atoms with van der Waals surface area (Å²) < 4.78 is 0. The Morgan fingerprint density at radius 3 is 3.00 bits per heavy atom. The Bertz CT molecular complexity index is 442. The molecule has 0 aliphatic rings. The normalized spacial score (nSPS) is 10.7. The molecule has 0 saturated carbocycles. The quantitative estimate of drug-likeness (QED) is 0.781. The highest BCUT2D eigenvalue weighted by atomic mass is 16.1. The highest BCUT2D eigenvalue weighted by Crippen LogP contribution is 2.11. The van der Waals surface area contributed by atoms with E-state index in [9.17, 15) is 4.79 Å². The average molecular weight is 202 g/mol. The molecular weight excluding hydrogens is 190 g/mol. The summed E-state index contributed by atoms with van der Waals surface area (Å²) >= 11 is 0. The van der Waals surface area contributed by atoms with Crippen LogP contribution in [0.4, 0.5) is 0 Å². The number of H-pyrrole nitrogens is 1. The van der Waals surface area contributed by atoms with Gasteiger partial charge in [0, 0.05) is 12.8 Å². The average Bonchev–Trinajstić information content (AvgIpc) is 2.59. The molecule has 4 nitrogen and oxygen atoms in total. The lowest BCUT2D eigenvalue weighted by molar-refractivity contribution is -0.117. The first kappa shape index (κ1) is 9.71. The smallest absolute Gasteiger partial charge is 0.217 e. The molecular formula is C11H12N3O. The molecule has 2 rings (SSSR count). The molecule has 1 aromatic heterocycles. The van der Waals surface area contributed by atoms with Gasteiger partial charge < -0.3 is 10.7 Å². The van der Waals surface area contributed by atoms with Gasteiger partial charge in [0.15, 0.2) is 0 Å². The molecule has 0 atom stereocenters. The van der Waals surface area contributed by atoms with Crippen LogP contribution in [0.25, 0.3) is 11.0 Å². The van der Waals surface area contributed by atoms with Gasteiger partial charge in [0.25, 0.3) is 0 Å². The zero-order valence-electron chi connectivity index (χ0n) is 8.23. The summed E-state index contributed by atoms with van der Waals surface area (Å²) in [5.41, 5.74) is 6.99. The number of hydrogen-bond donors (Lipinski definition) is 2. The SMILES string of the molecule is NC(=O)C[CH]Cc1nc2ccccc2[nH]1. The van der Waals surface area contributed by atoms with Crippen LogP contribution in [0.5, 0.6) is 0 Å². The number of aromatic nitrogens is 2. The van der Waals surface area contributed by atoms with Crippen LogP contribution in [-0.2, 0) is 11.2 Å². The number of benzene rings is 1. The summed E-state index contributed by atoms with van der Waals surface area (Å²) in [7, 11) is 0. The Hall–Kier alpha value is -1.84. The van der Waals surface area contributed by atoms with E-state index in [0.29, 0.717) is 6.42 Å². The molecule has 2 aromatic rings. The van der Waals surface area contributed by atoms with Crippen molar-refractivity contribution in [3.05, 3.63) is 36.5 Å². The summed E-state index contributed by atoms with van der Waals surface area (Å²) in [6.07, 6.45) is 2.74. The third kappa shape index (κ3) is 2.34. The Morgan fingerprint density at radius 2 is 2.27 bits per heavy atom. The number of carbonyl (C=O) groups excluding carboxylic acids is 1. The first-order valence-electron chi connectivity index (χ1n) is 4.79. The highest BCUT2D eigenvalue weighted by molar-refractivity contribution is 5.75. The predicted molar refractivity (Wildman–Crippen MR) is 57.9 cm³/mol. The van der Waals surface area contributed by atoms with Crippen molar-refractivity contribution in [2.75, 3.05) is 0 Å². The standard InChI is InChI=1S/C11H12N3O/c12-10(15)6-3-7-11-13-8-4-1-2-5-9(8)14-11/h1-5H,6-7H2,(H2,12,15)(H,13,14). The maximum Gasteiger partial charge on any atom is 0.217 e. The van der Waals surface area contributed by atoms with E-state index in [2.05, 4.69) is 9.97 Å². The van der Waals surface area contributed by atoms with E-state index in [-0.39, 0.29) is 12.3 Å². The van der Waals surface area contributed by atoms with E-state index in [1.165, 1.54) is 0 Å². The fraction of sp³-hybridized carbons (Fsp3) is 0.182. The topological polar surface area (TPSA) is 71.8 Å². The summed E-state index contributed by atoms with van der Waals surface area (Å²) in [6.45, 7) is 0. The van der Waals surface area contributed by atoms with Gasteiger partial charge >= 0.3 is 0 Å². The lowest BCUT2D eigenvalue weighted by atomic mass is 10.2. The largest absolute Gasteiger partial charge is 0.370 e. The van der Waals surface area contributed by atoms with Crippen molar-refractivity contribution in [3.63, 3.8) is 0 Å². The zero-order valence-corrected chi connectivity index (χ0v) is 8.23. The molecule has 0 spiro atoms. The molecule has 4 heteroatoms. The molecule has 0 unspecified atom stereocenters. The van der Waals surface area contributed by atoms with E-state index in [4.69, 9.17) is 5.73 Å². The Kier molecular flexibility index (Phi) is 2.67. The number of primary amides is 1. The maximum absolute atomic E-state index is 10.5. The Labute approximate surface area is 87.5 Å². The zero-order chi connectivity index (χ0) is 10.7. The van der Waals surface area contributed by atoms with Gasteiger partial charge in [-0.3, -0.25) is 4.79 Å². The van der Waals surface area contributed by atoms with Crippen LogP contribution in [0.15, 0.2) is 24.3 Å². The van der Waals surface area contributed by atoms with Crippen molar-refractivity contribution in [1.82, 2.24) is 9.97 Å². The number of amides is 1. The Balaban J connectivity index is 2.05. The Morgan fingerprint density at radius 1 is 1.47 bits per heavy atom. The van der Waals surface area contributed by atoms with Crippen molar-refractivity contribution in [2.24, 2.45) is 5.73 Å². The van der Waals surface area contributed by atoms with Crippen LogP contribution in [0.2, 0.25) is 0 Å². The lowest BCUT2D eigenvalue weighted by Gasteiger charge is -1.93. The van der Waals surface area contributed by atoms with Crippen LogP contribution in [-0.4, -0.2) is 15.9 Å². The minimum Gasteiger partial charge on any atom is -0.370 e. The highest BCUT2D eigenvalue weighted by Gasteiger charge is 2.02. The van der Waals surface area contributed by atoms with Gasteiger partial charge in [0.05, 0.1) is 11.0 Å². The number of hydrogen-bond acceptors (Lipinski definition) is 2. The molecule has 1 amide bonds. The van der Waals surface area contributed by atoms with Gasteiger partial charge in [-0.15, -0.1) is 0 Å². The van der Waals surface area contributed by atoms with Crippen molar-refractivity contribution < 1.29 is 4.79 Å². The van der Waals surface area contributed by atoms with Gasteiger partial charge in [0.2, 0.25) is 5.91 Å². The third-order valence-electron chi connectivity index (χ3n) is 2.12. The van der Waals surface area contributed by atoms with E-state index in [0.717, 1.165) is 16.9 Å². The van der Waals surface area contributed by atoms with Gasteiger partial charge in [-0.1, -0.05) is 12.1 Å². The number of fused-ring (bicyclic) bond motifs is 1. The van der Waals surface area contributed by atoms with Crippen LogP contribution < -0.4 is 5.73 Å². The van der Waals surface area contributed by atoms with Gasteiger partial charge in [-0.25, -0.2) is 4.98 Å². The van der Waals surface area contributed by atoms with E-state index in [1.807, 2.05) is 30.7 Å². The minimum absolute atomic E-state index is 0.289. The number of para-hydroxylation sites is 2. The maximum atomic E-state index is 10.5. The molecule has 0 aliphatic heterocycles. The lowest BCUT2D eigenvalue weighted by Crippen LogP contribution is -2.10. The molecule has 0 aliphatic carbocycles. The van der Waals surface area contributed by atoms with E-state index in [1.54, 1.807) is 0 Å². The first-order valence-corrected chi connectivity index (χ1v) is 4.79. The number of rotatable bonds is 4. The van der Waals surface area contributed by atoms with Crippen LogP contribution in [0, 0.1) is 6.42 Å². The van der Waals surface area contributed by atoms with Gasteiger partial charge in [-0.2, -0.15) is 0 Å². The minimum atomic E-state index is -0.314. The van der Waals surface area contributed by atoms with Gasteiger partial charge in [-0.05, 0) is 18.6 Å². The molecule has 0 bridgehead atoms. The molecule has 0 fully saturated rings. The second-order valence-corrected chi connectivity index (χ2v) is 3.36. The number of nitrogens with two attached hydrogens (primary N) is 1. The molecule has 77 valence electrons. The third-order valence-corrected chi connectivity index (χ3v) is 2.12. The summed E-state index contributed by atoms with van der Waals surface area (Å²) in [6, 6.07) is 7.82. The van der Waals surface area contributed by atoms with E-state index < -0.39 is 0 Å². The van der Waals surface area contributed by atoms with Crippen molar-refractivity contribution in [3.8, 4) is 0 Å². The monoisotopic (exact) mass is 202 g/mol. The van der Waals surface area contributed by atoms with Crippen molar-refractivity contribution >= 4 is 16.9 Å². The number of carbonyl (C=O) groups is 1. The summed E-state index contributed by atoms with van der Waals surface area (Å²) in [4.78, 5) is 18.1. The fourth-order valence-corrected chi connectivity index (χ4v) is 1.45. The van der Waals surface area contributed by atoms with E-state index >= 15 is 0 Å². The van der Waals surface area contributed by atoms with Crippen LogP contribution in [0.1, 0.15) is 12.2 Å². The second kappa shape index (κ2) is 4.13. The fourth-order valence-electron chi connectivity index (χ4n) is 1.45. The first-order chi connectivity index (χ1) is 7.25. The molecule has 1 heterocycles. The predicted octanol–water partition coefficient (Wildman–Crippen LogP) is 1.19. The number of imidazole rings is 1. The molecule has 15 heavy (non-hydrogen) atoms. The van der Waals surface area contributed by atoms with Crippen LogP contribution in [0.3, 0.4) is 0 Å². The van der Waals surface area contributed by atoms with Crippen molar-refractivity contribution in [2.45, 2.75) is 12.8 Å². The summed E-state index contributed by atoms with van der Waals surface area (Å²) in [5.74, 6) is 0.545. The summed E-state index contributed by atoms with van der Waals surface area (Å²) in [5, 5.41) is 0.